The molecule has 0 spiro atoms. The number of rotatable bonds is 4. The predicted molar refractivity (Wildman–Crippen MR) is 98.6 cm³/mol. The van der Waals surface area contributed by atoms with Crippen molar-refractivity contribution in [3.8, 4) is 0 Å². The van der Waals surface area contributed by atoms with Crippen molar-refractivity contribution < 1.29 is 13.2 Å². The van der Waals surface area contributed by atoms with Gasteiger partial charge in [-0.2, -0.15) is 0 Å². The van der Waals surface area contributed by atoms with Crippen molar-refractivity contribution in [2.45, 2.75) is 64.0 Å². The highest BCUT2D eigenvalue weighted by molar-refractivity contribution is 7.89. The first-order valence-electron chi connectivity index (χ1n) is 8.72. The summed E-state index contributed by atoms with van der Waals surface area (Å²) in [5.74, 6) is 0.190. The van der Waals surface area contributed by atoms with Crippen molar-refractivity contribution in [3.63, 3.8) is 0 Å². The molecule has 1 amide bonds. The Bertz CT molecular complexity index is 531. The molecule has 2 unspecified atom stereocenters. The van der Waals surface area contributed by atoms with Gasteiger partial charge in [-0.05, 0) is 39.5 Å². The minimum Gasteiger partial charge on any atom is -0.342 e. The van der Waals surface area contributed by atoms with E-state index in [-0.39, 0.29) is 36.0 Å². The molecule has 1 saturated carbocycles. The number of hydrogen-bond donors (Lipinski definition) is 1. The van der Waals surface area contributed by atoms with E-state index in [1.165, 1.54) is 4.31 Å². The summed E-state index contributed by atoms with van der Waals surface area (Å²) in [7, 11) is -1.51. The highest BCUT2D eigenvalue weighted by Crippen LogP contribution is 2.33. The lowest BCUT2D eigenvalue weighted by Gasteiger charge is -2.42. The summed E-state index contributed by atoms with van der Waals surface area (Å²) < 4.78 is 25.4. The van der Waals surface area contributed by atoms with Gasteiger partial charge in [0.1, 0.15) is 0 Å². The molecule has 0 radical (unpaired) electrons. The SMILES string of the molecule is CCS(=O)(=O)N(C)C1CCN(C(=O)C2CCCCC2(C)N)CC1.Cl. The van der Waals surface area contributed by atoms with Crippen molar-refractivity contribution in [1.82, 2.24) is 9.21 Å². The van der Waals surface area contributed by atoms with E-state index in [9.17, 15) is 13.2 Å². The Morgan fingerprint density at radius 3 is 2.33 bits per heavy atom. The van der Waals surface area contributed by atoms with E-state index in [4.69, 9.17) is 5.73 Å². The second-order valence-corrected chi connectivity index (χ2v) is 9.59. The molecule has 2 aliphatic rings. The third kappa shape index (κ3) is 4.62. The van der Waals surface area contributed by atoms with Crippen LogP contribution in [0.25, 0.3) is 0 Å². The summed E-state index contributed by atoms with van der Waals surface area (Å²) in [5, 5.41) is 0. The van der Waals surface area contributed by atoms with Gasteiger partial charge in [-0.3, -0.25) is 4.79 Å². The van der Waals surface area contributed by atoms with Crippen LogP contribution in [0.15, 0.2) is 0 Å². The third-order valence-electron chi connectivity index (χ3n) is 5.65. The van der Waals surface area contributed by atoms with Gasteiger partial charge in [0.25, 0.3) is 0 Å². The summed E-state index contributed by atoms with van der Waals surface area (Å²) >= 11 is 0. The van der Waals surface area contributed by atoms with Crippen LogP contribution in [-0.2, 0) is 14.8 Å². The number of amides is 1. The van der Waals surface area contributed by atoms with Crippen LogP contribution in [0.4, 0.5) is 0 Å². The Hall–Kier alpha value is -0.370. The van der Waals surface area contributed by atoms with E-state index in [1.807, 2.05) is 11.8 Å². The molecule has 0 bridgehead atoms. The van der Waals surface area contributed by atoms with Crippen molar-refractivity contribution in [2.24, 2.45) is 11.7 Å². The third-order valence-corrected chi connectivity index (χ3v) is 7.55. The molecular formula is C16H32ClN3O3S. The van der Waals surface area contributed by atoms with Crippen LogP contribution in [0.5, 0.6) is 0 Å². The molecule has 0 aromatic rings. The second kappa shape index (κ2) is 8.34. The van der Waals surface area contributed by atoms with E-state index in [0.717, 1.165) is 25.7 Å². The Labute approximate surface area is 152 Å². The van der Waals surface area contributed by atoms with Gasteiger partial charge in [-0.25, -0.2) is 12.7 Å². The van der Waals surface area contributed by atoms with Gasteiger partial charge in [-0.1, -0.05) is 12.8 Å². The van der Waals surface area contributed by atoms with Crippen LogP contribution >= 0.6 is 12.4 Å². The van der Waals surface area contributed by atoms with Crippen LogP contribution in [0.3, 0.4) is 0 Å². The minimum absolute atomic E-state index is 0. The van der Waals surface area contributed by atoms with Gasteiger partial charge in [0, 0.05) is 31.7 Å². The predicted octanol–water partition coefficient (Wildman–Crippen LogP) is 1.59. The molecule has 1 aliphatic heterocycles. The minimum atomic E-state index is -3.16. The van der Waals surface area contributed by atoms with Crippen LogP contribution in [0.2, 0.25) is 0 Å². The fourth-order valence-electron chi connectivity index (χ4n) is 3.86. The number of hydrogen-bond acceptors (Lipinski definition) is 4. The first-order valence-corrected chi connectivity index (χ1v) is 10.3. The average molecular weight is 382 g/mol. The molecule has 6 nitrogen and oxygen atoms in total. The van der Waals surface area contributed by atoms with E-state index in [1.54, 1.807) is 14.0 Å². The summed E-state index contributed by atoms with van der Waals surface area (Å²) in [4.78, 5) is 14.7. The van der Waals surface area contributed by atoms with Crippen molar-refractivity contribution in [1.29, 1.82) is 0 Å². The number of likely N-dealkylation sites (tertiary alicyclic amines) is 1. The van der Waals surface area contributed by atoms with Crippen molar-refractivity contribution >= 4 is 28.3 Å². The molecule has 1 aliphatic carbocycles. The molecular weight excluding hydrogens is 350 g/mol. The Kier molecular flexibility index (Phi) is 7.53. The van der Waals surface area contributed by atoms with E-state index in [2.05, 4.69) is 0 Å². The number of carbonyl (C=O) groups excluding carboxylic acids is 1. The zero-order chi connectivity index (χ0) is 17.3. The fourth-order valence-corrected chi connectivity index (χ4v) is 4.94. The Balaban J connectivity index is 0.00000288. The monoisotopic (exact) mass is 381 g/mol. The Morgan fingerprint density at radius 1 is 1.25 bits per heavy atom. The topological polar surface area (TPSA) is 83.7 Å². The lowest BCUT2D eigenvalue weighted by atomic mass is 9.74. The van der Waals surface area contributed by atoms with E-state index in [0.29, 0.717) is 25.9 Å². The zero-order valence-electron chi connectivity index (χ0n) is 15.0. The van der Waals surface area contributed by atoms with Crippen LogP contribution in [0, 0.1) is 5.92 Å². The van der Waals surface area contributed by atoms with Crippen molar-refractivity contribution in [3.05, 3.63) is 0 Å². The highest BCUT2D eigenvalue weighted by atomic mass is 35.5. The summed E-state index contributed by atoms with van der Waals surface area (Å²) in [5.41, 5.74) is 5.94. The standard InChI is InChI=1S/C16H31N3O3S.ClH/c1-4-23(21,22)18(3)13-8-11-19(12-9-13)15(20)14-7-5-6-10-16(14,2)17;/h13-14H,4-12,17H2,1-3H3;1H. The van der Waals surface area contributed by atoms with Gasteiger partial charge in [0.05, 0.1) is 11.7 Å². The highest BCUT2D eigenvalue weighted by Gasteiger charge is 2.41. The zero-order valence-corrected chi connectivity index (χ0v) is 16.7. The largest absolute Gasteiger partial charge is 0.342 e. The van der Waals surface area contributed by atoms with E-state index < -0.39 is 15.6 Å². The van der Waals surface area contributed by atoms with Gasteiger partial charge in [0.2, 0.25) is 15.9 Å². The number of nitrogens with zero attached hydrogens (tertiary/aromatic N) is 2. The molecule has 8 heteroatoms. The van der Waals surface area contributed by atoms with Crippen LogP contribution in [-0.4, -0.2) is 61.0 Å². The molecule has 24 heavy (non-hydrogen) atoms. The number of nitrogens with two attached hydrogens (primary N) is 1. The number of carbonyl (C=O) groups is 1. The number of sulfonamides is 1. The number of piperidine rings is 1. The molecule has 2 fully saturated rings. The van der Waals surface area contributed by atoms with Gasteiger partial charge in [0.15, 0.2) is 0 Å². The maximum Gasteiger partial charge on any atom is 0.227 e. The quantitative estimate of drug-likeness (QED) is 0.801. The summed E-state index contributed by atoms with van der Waals surface area (Å²) in [6.45, 7) is 4.90. The molecule has 1 heterocycles. The molecule has 0 aromatic heterocycles. The Morgan fingerprint density at radius 2 is 1.83 bits per heavy atom. The molecule has 2 rings (SSSR count). The lowest BCUT2D eigenvalue weighted by molar-refractivity contribution is -0.140. The fraction of sp³-hybridized carbons (Fsp3) is 0.938. The summed E-state index contributed by atoms with van der Waals surface area (Å²) in [6.07, 6.45) is 5.34. The van der Waals surface area contributed by atoms with Crippen molar-refractivity contribution in [2.75, 3.05) is 25.9 Å². The second-order valence-electron chi connectivity index (χ2n) is 7.28. The van der Waals surface area contributed by atoms with Crippen LogP contribution < -0.4 is 5.73 Å². The molecule has 0 aromatic carbocycles. The first-order chi connectivity index (χ1) is 10.7. The lowest BCUT2D eigenvalue weighted by Crippen LogP contribution is -2.56. The molecule has 2 atom stereocenters. The molecule has 1 saturated heterocycles. The van der Waals surface area contributed by atoms with Gasteiger partial charge in [-0.15, -0.1) is 12.4 Å². The maximum atomic E-state index is 12.8. The summed E-state index contributed by atoms with van der Waals surface area (Å²) in [6, 6.07) is -0.000356. The smallest absolute Gasteiger partial charge is 0.227 e. The number of halogens is 1. The normalized spacial score (nSPS) is 29.4. The maximum absolute atomic E-state index is 12.8. The molecule has 2 N–H and O–H groups in total. The van der Waals surface area contributed by atoms with E-state index >= 15 is 0 Å². The average Bonchev–Trinajstić information content (AvgIpc) is 2.53. The van der Waals surface area contributed by atoms with Crippen LogP contribution in [0.1, 0.15) is 52.4 Å². The first kappa shape index (κ1) is 21.7. The van der Waals surface area contributed by atoms with Gasteiger partial charge < -0.3 is 10.6 Å². The molecule has 142 valence electrons. The van der Waals surface area contributed by atoms with Gasteiger partial charge >= 0.3 is 0 Å².